The molecule has 6 heteroatoms. The lowest BCUT2D eigenvalue weighted by atomic mass is 10.1. The molecule has 0 radical (unpaired) electrons. The number of aromatic nitrogens is 1. The van der Waals surface area contributed by atoms with E-state index in [0.29, 0.717) is 22.2 Å². The van der Waals surface area contributed by atoms with Crippen molar-refractivity contribution in [3.63, 3.8) is 0 Å². The first kappa shape index (κ1) is 13.8. The Morgan fingerprint density at radius 3 is 2.45 bits per heavy atom. The number of rotatable bonds is 3. The monoisotopic (exact) mass is 296 g/mol. The van der Waals surface area contributed by atoms with Gasteiger partial charge in [0.1, 0.15) is 5.75 Å². The molecule has 6 nitrogen and oxygen atoms in total. The molecule has 0 fully saturated rings. The van der Waals surface area contributed by atoms with E-state index in [1.165, 1.54) is 12.1 Å². The van der Waals surface area contributed by atoms with E-state index in [1.807, 2.05) is 0 Å². The summed E-state index contributed by atoms with van der Waals surface area (Å²) in [6.45, 7) is 0. The first-order chi connectivity index (χ1) is 10.6. The maximum absolute atomic E-state index is 12.2. The molecule has 3 aromatic rings. The zero-order valence-electron chi connectivity index (χ0n) is 11.7. The van der Waals surface area contributed by atoms with Gasteiger partial charge in [-0.25, -0.2) is 0 Å². The van der Waals surface area contributed by atoms with Gasteiger partial charge in [-0.05, 0) is 42.0 Å². The molecule has 0 aliphatic carbocycles. The Morgan fingerprint density at radius 1 is 1.09 bits per heavy atom. The third kappa shape index (κ3) is 2.31. The van der Waals surface area contributed by atoms with Crippen LogP contribution in [0.25, 0.3) is 22.0 Å². The number of H-pyrrole nitrogens is 1. The molecule has 1 N–H and O–H groups in total. The smallest absolute Gasteiger partial charge is 0.277 e. The number of non-ortho nitro benzene ring substituents is 1. The van der Waals surface area contributed by atoms with Crippen LogP contribution in [0.15, 0.2) is 53.3 Å². The normalized spacial score (nSPS) is 10.6. The molecule has 0 unspecified atom stereocenters. The largest absolute Gasteiger partial charge is 0.497 e. The topological polar surface area (TPSA) is 85.2 Å². The molecule has 1 aromatic heterocycles. The number of hydrogen-bond acceptors (Lipinski definition) is 4. The molecule has 0 amide bonds. The molecule has 0 spiro atoms. The molecule has 2 aromatic carbocycles. The summed E-state index contributed by atoms with van der Waals surface area (Å²) in [6, 6.07) is 13.2. The Balaban J connectivity index is 2.25. The Bertz CT molecular complexity index is 914. The number of nitro groups is 1. The second kappa shape index (κ2) is 5.33. The average Bonchev–Trinajstić information content (AvgIpc) is 2.54. The fraction of sp³-hybridized carbons (Fsp3) is 0.0625. The van der Waals surface area contributed by atoms with Crippen LogP contribution in [0.2, 0.25) is 0 Å². The van der Waals surface area contributed by atoms with Gasteiger partial charge in [-0.1, -0.05) is 6.07 Å². The highest BCUT2D eigenvalue weighted by molar-refractivity contribution is 5.92. The van der Waals surface area contributed by atoms with Gasteiger partial charge in [0.15, 0.2) is 0 Å². The quantitative estimate of drug-likeness (QED) is 0.594. The fourth-order valence-electron chi connectivity index (χ4n) is 2.36. The fourth-order valence-corrected chi connectivity index (χ4v) is 2.36. The van der Waals surface area contributed by atoms with E-state index in [-0.39, 0.29) is 11.2 Å². The maximum atomic E-state index is 12.2. The van der Waals surface area contributed by atoms with E-state index in [2.05, 4.69) is 4.98 Å². The van der Waals surface area contributed by atoms with Crippen LogP contribution in [-0.2, 0) is 0 Å². The number of hydrogen-bond donors (Lipinski definition) is 1. The van der Waals surface area contributed by atoms with Crippen LogP contribution >= 0.6 is 0 Å². The second-order valence-electron chi connectivity index (χ2n) is 4.74. The third-order valence-corrected chi connectivity index (χ3v) is 3.46. The summed E-state index contributed by atoms with van der Waals surface area (Å²) in [6.07, 6.45) is 0. The van der Waals surface area contributed by atoms with Gasteiger partial charge in [0.05, 0.1) is 22.8 Å². The van der Waals surface area contributed by atoms with Crippen molar-refractivity contribution in [2.75, 3.05) is 7.11 Å². The van der Waals surface area contributed by atoms with Crippen molar-refractivity contribution in [1.29, 1.82) is 0 Å². The van der Waals surface area contributed by atoms with Crippen molar-refractivity contribution in [3.8, 4) is 17.0 Å². The highest BCUT2D eigenvalue weighted by atomic mass is 16.6. The number of methoxy groups -OCH3 is 1. The van der Waals surface area contributed by atoms with Gasteiger partial charge in [-0.2, -0.15) is 0 Å². The van der Waals surface area contributed by atoms with Gasteiger partial charge >= 0.3 is 0 Å². The molecule has 0 atom stereocenters. The lowest BCUT2D eigenvalue weighted by molar-refractivity contribution is -0.383. The zero-order valence-corrected chi connectivity index (χ0v) is 11.7. The summed E-state index contributed by atoms with van der Waals surface area (Å²) in [7, 11) is 1.57. The average molecular weight is 296 g/mol. The number of nitro benzene ring substituents is 1. The van der Waals surface area contributed by atoms with Crippen molar-refractivity contribution in [3.05, 3.63) is 69.0 Å². The van der Waals surface area contributed by atoms with E-state index >= 15 is 0 Å². The molecule has 110 valence electrons. The van der Waals surface area contributed by atoms with Crippen molar-refractivity contribution < 1.29 is 9.66 Å². The van der Waals surface area contributed by atoms with Crippen LogP contribution in [0.3, 0.4) is 0 Å². The number of pyridine rings is 1. The molecule has 22 heavy (non-hydrogen) atoms. The molecule has 3 rings (SSSR count). The molecule has 0 bridgehead atoms. The van der Waals surface area contributed by atoms with Crippen molar-refractivity contribution >= 4 is 16.5 Å². The van der Waals surface area contributed by atoms with Crippen molar-refractivity contribution in [2.24, 2.45) is 0 Å². The molecule has 0 saturated carbocycles. The van der Waals surface area contributed by atoms with E-state index in [9.17, 15) is 14.9 Å². The highest BCUT2D eigenvalue weighted by Crippen LogP contribution is 2.27. The lowest BCUT2D eigenvalue weighted by Crippen LogP contribution is -2.08. The minimum absolute atomic E-state index is 0.0849. The summed E-state index contributed by atoms with van der Waals surface area (Å²) >= 11 is 0. The number of nitrogens with zero attached hydrogens (tertiary/aromatic N) is 1. The number of benzene rings is 2. The van der Waals surface area contributed by atoms with Gasteiger partial charge in [0, 0.05) is 11.8 Å². The van der Waals surface area contributed by atoms with Crippen LogP contribution in [-0.4, -0.2) is 17.0 Å². The predicted molar refractivity (Wildman–Crippen MR) is 83.2 cm³/mol. The second-order valence-corrected chi connectivity index (χ2v) is 4.74. The molecule has 0 saturated heterocycles. The first-order valence-electron chi connectivity index (χ1n) is 6.55. The zero-order chi connectivity index (χ0) is 15.7. The Labute approximate surface area is 125 Å². The molecular weight excluding hydrogens is 284 g/mol. The van der Waals surface area contributed by atoms with Gasteiger partial charge < -0.3 is 9.72 Å². The summed E-state index contributed by atoms with van der Waals surface area (Å²) in [5.41, 5.74) is 0.831. The molecule has 0 aliphatic rings. The lowest BCUT2D eigenvalue weighted by Gasteiger charge is -2.06. The van der Waals surface area contributed by atoms with Crippen LogP contribution in [0, 0.1) is 10.1 Å². The highest BCUT2D eigenvalue weighted by Gasteiger charge is 2.14. The van der Waals surface area contributed by atoms with Crippen molar-refractivity contribution in [1.82, 2.24) is 4.98 Å². The van der Waals surface area contributed by atoms with E-state index in [4.69, 9.17) is 4.74 Å². The Kier molecular flexibility index (Phi) is 3.34. The van der Waals surface area contributed by atoms with Crippen LogP contribution in [0.5, 0.6) is 5.75 Å². The molecule has 1 heterocycles. The van der Waals surface area contributed by atoms with E-state index < -0.39 is 4.92 Å². The van der Waals surface area contributed by atoms with Gasteiger partial charge in [0.25, 0.3) is 11.2 Å². The summed E-state index contributed by atoms with van der Waals surface area (Å²) < 4.78 is 5.09. The standard InChI is InChI=1S/C16H12N2O4/c1-22-11-7-5-10(6-8-11)14-9-13-12(16(19)17-14)3-2-4-15(13)18(20)21/h2-9H,1H3,(H,17,19). The van der Waals surface area contributed by atoms with Crippen molar-refractivity contribution in [2.45, 2.75) is 0 Å². The first-order valence-corrected chi connectivity index (χ1v) is 6.55. The van der Waals surface area contributed by atoms with Crippen LogP contribution in [0.1, 0.15) is 0 Å². The minimum atomic E-state index is -0.487. The van der Waals surface area contributed by atoms with Crippen LogP contribution < -0.4 is 10.3 Å². The minimum Gasteiger partial charge on any atom is -0.497 e. The molecule has 0 aliphatic heterocycles. The van der Waals surface area contributed by atoms with Gasteiger partial charge in [-0.15, -0.1) is 0 Å². The predicted octanol–water partition coefficient (Wildman–Crippen LogP) is 3.11. The maximum Gasteiger partial charge on any atom is 0.277 e. The molecular formula is C16H12N2O4. The SMILES string of the molecule is COc1ccc(-c2cc3c([N+](=O)[O-])cccc3c(=O)[nH]2)cc1. The number of nitrogens with one attached hydrogen (secondary N) is 1. The Morgan fingerprint density at radius 2 is 1.82 bits per heavy atom. The van der Waals surface area contributed by atoms with E-state index in [1.54, 1.807) is 43.5 Å². The number of fused-ring (bicyclic) bond motifs is 1. The number of ether oxygens (including phenoxy) is 1. The van der Waals surface area contributed by atoms with E-state index in [0.717, 1.165) is 5.56 Å². The summed E-state index contributed by atoms with van der Waals surface area (Å²) in [4.78, 5) is 25.6. The number of aromatic amines is 1. The Hall–Kier alpha value is -3.15. The summed E-state index contributed by atoms with van der Waals surface area (Å²) in [5, 5.41) is 11.8. The summed E-state index contributed by atoms with van der Waals surface area (Å²) in [5.74, 6) is 0.692. The van der Waals surface area contributed by atoms with Gasteiger partial charge in [-0.3, -0.25) is 14.9 Å². The van der Waals surface area contributed by atoms with Gasteiger partial charge in [0.2, 0.25) is 0 Å². The van der Waals surface area contributed by atoms with Crippen LogP contribution in [0.4, 0.5) is 5.69 Å². The third-order valence-electron chi connectivity index (χ3n) is 3.46.